The van der Waals surface area contributed by atoms with Gasteiger partial charge in [0.15, 0.2) is 0 Å². The van der Waals surface area contributed by atoms with Gasteiger partial charge in [-0.05, 0) is 58.9 Å². The van der Waals surface area contributed by atoms with Gasteiger partial charge < -0.3 is 5.73 Å². The number of aryl methyl sites for hydroxylation is 1. The van der Waals surface area contributed by atoms with Gasteiger partial charge in [-0.25, -0.2) is 0 Å². The molecule has 2 rings (SSSR count). The predicted molar refractivity (Wildman–Crippen MR) is 86.6 cm³/mol. The zero-order valence-electron chi connectivity index (χ0n) is 11.5. The molecule has 0 spiro atoms. The van der Waals surface area contributed by atoms with E-state index in [1.54, 1.807) is 0 Å². The highest BCUT2D eigenvalue weighted by Gasteiger charge is 2.30. The minimum absolute atomic E-state index is 0.224. The van der Waals surface area contributed by atoms with Gasteiger partial charge in [-0.2, -0.15) is 0 Å². The van der Waals surface area contributed by atoms with Crippen LogP contribution in [0.5, 0.6) is 0 Å². The maximum Gasteiger partial charge on any atom is 0.0336 e. The van der Waals surface area contributed by atoms with Crippen molar-refractivity contribution in [2.24, 2.45) is 17.6 Å². The Kier molecular flexibility index (Phi) is 5.07. The van der Waals surface area contributed by atoms with Crippen molar-refractivity contribution in [3.63, 3.8) is 0 Å². The minimum atomic E-state index is 0.224. The van der Waals surface area contributed by atoms with Gasteiger partial charge in [0.05, 0.1) is 0 Å². The molecular weight excluding hydrogens is 333 g/mol. The molecule has 0 aromatic heterocycles. The monoisotopic (exact) mass is 357 g/mol. The van der Waals surface area contributed by atoms with E-state index in [4.69, 9.17) is 5.73 Å². The van der Waals surface area contributed by atoms with Crippen LogP contribution in [0.4, 0.5) is 0 Å². The first-order valence-corrected chi connectivity index (χ1v) is 8.23. The van der Waals surface area contributed by atoms with Crippen LogP contribution in [0.2, 0.25) is 0 Å². The molecule has 1 nitrogen and oxygen atoms in total. The molecule has 100 valence electrons. The number of halogens is 1. The van der Waals surface area contributed by atoms with E-state index in [0.717, 1.165) is 5.92 Å². The highest BCUT2D eigenvalue weighted by Crippen LogP contribution is 2.40. The molecule has 0 amide bonds. The largest absolute Gasteiger partial charge is 0.324 e. The maximum atomic E-state index is 6.60. The lowest BCUT2D eigenvalue weighted by Crippen LogP contribution is -2.31. The molecule has 0 radical (unpaired) electrons. The zero-order valence-corrected chi connectivity index (χ0v) is 13.6. The summed E-state index contributed by atoms with van der Waals surface area (Å²) in [4.78, 5) is 0. The summed E-state index contributed by atoms with van der Waals surface area (Å²) >= 11 is 2.46. The molecule has 18 heavy (non-hydrogen) atoms. The van der Waals surface area contributed by atoms with Crippen LogP contribution in [-0.4, -0.2) is 0 Å². The third-order valence-corrected chi connectivity index (χ3v) is 6.01. The second-order valence-electron chi connectivity index (χ2n) is 5.62. The molecule has 3 unspecified atom stereocenters. The second kappa shape index (κ2) is 6.38. The number of rotatable bonds is 3. The standard InChI is InChI=1S/C16H24IN/c1-3-12-8-4-5-9-13(12)16(18)14-10-6-7-11(2)15(14)17/h6-7,10,12-13,16H,3-5,8-9,18H2,1-2H3. The fraction of sp³-hybridized carbons (Fsp3) is 0.625. The summed E-state index contributed by atoms with van der Waals surface area (Å²) < 4.78 is 1.36. The molecule has 1 saturated carbocycles. The molecule has 1 aromatic carbocycles. The van der Waals surface area contributed by atoms with E-state index in [1.165, 1.54) is 46.8 Å². The van der Waals surface area contributed by atoms with Gasteiger partial charge in [-0.15, -0.1) is 0 Å². The maximum absolute atomic E-state index is 6.60. The molecule has 2 heteroatoms. The summed E-state index contributed by atoms with van der Waals surface area (Å²) in [6, 6.07) is 6.77. The normalized spacial score (nSPS) is 26.0. The van der Waals surface area contributed by atoms with Crippen LogP contribution in [0.25, 0.3) is 0 Å². The van der Waals surface area contributed by atoms with Crippen molar-refractivity contribution >= 4 is 22.6 Å². The fourth-order valence-corrected chi connectivity index (χ4v) is 4.09. The van der Waals surface area contributed by atoms with Gasteiger partial charge in [0, 0.05) is 9.61 Å². The molecule has 2 N–H and O–H groups in total. The predicted octanol–water partition coefficient (Wildman–Crippen LogP) is 4.82. The highest BCUT2D eigenvalue weighted by atomic mass is 127. The Bertz CT molecular complexity index is 402. The van der Waals surface area contributed by atoms with E-state index >= 15 is 0 Å². The van der Waals surface area contributed by atoms with Crippen molar-refractivity contribution in [3.05, 3.63) is 32.9 Å². The molecule has 0 heterocycles. The number of hydrogen-bond donors (Lipinski definition) is 1. The quantitative estimate of drug-likeness (QED) is 0.772. The topological polar surface area (TPSA) is 26.0 Å². The van der Waals surface area contributed by atoms with Crippen LogP contribution in [0.1, 0.15) is 56.2 Å². The SMILES string of the molecule is CCC1CCCCC1C(N)c1cccc(C)c1I. The molecular formula is C16H24IN. The summed E-state index contributed by atoms with van der Waals surface area (Å²) in [5.74, 6) is 1.50. The highest BCUT2D eigenvalue weighted by molar-refractivity contribution is 14.1. The number of hydrogen-bond acceptors (Lipinski definition) is 1. The average Bonchev–Trinajstić information content (AvgIpc) is 2.41. The second-order valence-corrected chi connectivity index (χ2v) is 6.70. The molecule has 0 saturated heterocycles. The Balaban J connectivity index is 2.23. The lowest BCUT2D eigenvalue weighted by atomic mass is 9.72. The molecule has 0 aliphatic heterocycles. The van der Waals surface area contributed by atoms with E-state index in [-0.39, 0.29) is 6.04 Å². The zero-order chi connectivity index (χ0) is 13.1. The summed E-state index contributed by atoms with van der Waals surface area (Å²) in [7, 11) is 0. The van der Waals surface area contributed by atoms with Crippen LogP contribution in [-0.2, 0) is 0 Å². The average molecular weight is 357 g/mol. The van der Waals surface area contributed by atoms with Gasteiger partial charge in [0.25, 0.3) is 0 Å². The van der Waals surface area contributed by atoms with Gasteiger partial charge in [-0.1, -0.05) is 50.8 Å². The molecule has 1 aromatic rings. The third kappa shape index (κ3) is 2.90. The van der Waals surface area contributed by atoms with Crippen molar-refractivity contribution in [3.8, 4) is 0 Å². The smallest absolute Gasteiger partial charge is 0.0336 e. The van der Waals surface area contributed by atoms with Crippen LogP contribution in [0.3, 0.4) is 0 Å². The Morgan fingerprint density at radius 2 is 2.06 bits per heavy atom. The van der Waals surface area contributed by atoms with Crippen molar-refractivity contribution < 1.29 is 0 Å². The first-order valence-electron chi connectivity index (χ1n) is 7.15. The summed E-state index contributed by atoms with van der Waals surface area (Å²) in [6.45, 7) is 4.49. The minimum Gasteiger partial charge on any atom is -0.324 e. The Labute approximate surface area is 125 Å². The van der Waals surface area contributed by atoms with E-state index < -0.39 is 0 Å². The van der Waals surface area contributed by atoms with Gasteiger partial charge >= 0.3 is 0 Å². The molecule has 1 aliphatic rings. The lowest BCUT2D eigenvalue weighted by Gasteiger charge is -2.35. The summed E-state index contributed by atoms with van der Waals surface area (Å²) in [6.07, 6.45) is 6.71. The van der Waals surface area contributed by atoms with Crippen molar-refractivity contribution in [1.29, 1.82) is 0 Å². The van der Waals surface area contributed by atoms with Crippen LogP contribution in [0, 0.1) is 22.3 Å². The fourth-order valence-electron chi connectivity index (χ4n) is 3.37. The summed E-state index contributed by atoms with van der Waals surface area (Å²) in [5.41, 5.74) is 9.32. The van der Waals surface area contributed by atoms with Crippen LogP contribution in [0.15, 0.2) is 18.2 Å². The number of benzene rings is 1. The molecule has 3 atom stereocenters. The van der Waals surface area contributed by atoms with Crippen LogP contribution >= 0.6 is 22.6 Å². The molecule has 1 fully saturated rings. The van der Waals surface area contributed by atoms with E-state index in [2.05, 4.69) is 54.6 Å². The van der Waals surface area contributed by atoms with E-state index in [1.807, 2.05) is 0 Å². The van der Waals surface area contributed by atoms with Crippen molar-refractivity contribution in [2.75, 3.05) is 0 Å². The Morgan fingerprint density at radius 3 is 2.78 bits per heavy atom. The Hall–Kier alpha value is -0.0900. The van der Waals surface area contributed by atoms with E-state index in [9.17, 15) is 0 Å². The van der Waals surface area contributed by atoms with Crippen molar-refractivity contribution in [1.82, 2.24) is 0 Å². The van der Waals surface area contributed by atoms with Crippen molar-refractivity contribution in [2.45, 2.75) is 52.0 Å². The van der Waals surface area contributed by atoms with E-state index in [0.29, 0.717) is 5.92 Å². The van der Waals surface area contributed by atoms with Gasteiger partial charge in [-0.3, -0.25) is 0 Å². The lowest BCUT2D eigenvalue weighted by molar-refractivity contribution is 0.196. The Morgan fingerprint density at radius 1 is 1.33 bits per heavy atom. The van der Waals surface area contributed by atoms with Gasteiger partial charge in [0.2, 0.25) is 0 Å². The van der Waals surface area contributed by atoms with Crippen LogP contribution < -0.4 is 5.73 Å². The number of nitrogens with two attached hydrogens (primary N) is 1. The first-order chi connectivity index (χ1) is 8.65. The van der Waals surface area contributed by atoms with Gasteiger partial charge in [0.1, 0.15) is 0 Å². The molecule has 1 aliphatic carbocycles. The third-order valence-electron chi connectivity index (χ3n) is 4.53. The summed E-state index contributed by atoms with van der Waals surface area (Å²) in [5, 5.41) is 0. The first kappa shape index (κ1) is 14.3. The molecule has 0 bridgehead atoms.